The molecule has 5 rings (SSSR count). The van der Waals surface area contributed by atoms with Crippen LogP contribution in [0.2, 0.25) is 0 Å². The van der Waals surface area contributed by atoms with E-state index in [1.54, 1.807) is 0 Å². The van der Waals surface area contributed by atoms with E-state index in [1.165, 1.54) is 17.2 Å². The van der Waals surface area contributed by atoms with Gasteiger partial charge in [-0.25, -0.2) is 14.8 Å². The molecule has 1 aromatic heterocycles. The number of aromatic nitrogens is 2. The van der Waals surface area contributed by atoms with Crippen LogP contribution in [0.25, 0.3) is 0 Å². The van der Waals surface area contributed by atoms with E-state index in [1.807, 2.05) is 60.7 Å². The molecule has 2 aliphatic rings. The van der Waals surface area contributed by atoms with Gasteiger partial charge in [-0.15, -0.1) is 0 Å². The lowest BCUT2D eigenvalue weighted by Crippen LogP contribution is -2.49. The van der Waals surface area contributed by atoms with Crippen molar-refractivity contribution in [2.75, 3.05) is 11.9 Å². The summed E-state index contributed by atoms with van der Waals surface area (Å²) < 4.78 is 12.4. The molecular weight excluding hydrogens is 520 g/mol. The van der Waals surface area contributed by atoms with Crippen molar-refractivity contribution in [3.8, 4) is 0 Å². The van der Waals surface area contributed by atoms with E-state index in [-0.39, 0.29) is 13.0 Å². The quantitative estimate of drug-likeness (QED) is 0.222. The Balaban J connectivity index is 1.29. The van der Waals surface area contributed by atoms with Crippen LogP contribution in [-0.4, -0.2) is 74.2 Å². The lowest BCUT2D eigenvalue weighted by molar-refractivity contribution is -0.123. The number of hydrogen-bond acceptors (Lipinski definition) is 10. The number of nitrogens with one attached hydrogen (secondary N) is 3. The number of carbonyl (C=O) groups is 2. The molecule has 13 heteroatoms. The topological polar surface area (TPSA) is 180 Å². The molecule has 1 fully saturated rings. The van der Waals surface area contributed by atoms with Crippen LogP contribution in [0.3, 0.4) is 0 Å². The van der Waals surface area contributed by atoms with Gasteiger partial charge < -0.3 is 40.7 Å². The van der Waals surface area contributed by atoms with Gasteiger partial charge in [-0.2, -0.15) is 0 Å². The van der Waals surface area contributed by atoms with Gasteiger partial charge in [-0.05, 0) is 11.1 Å². The van der Waals surface area contributed by atoms with E-state index in [2.05, 4.69) is 25.9 Å². The summed E-state index contributed by atoms with van der Waals surface area (Å²) in [6, 6.07) is 17.4. The molecule has 6 N–H and O–H groups in total. The zero-order valence-corrected chi connectivity index (χ0v) is 21.3. The van der Waals surface area contributed by atoms with Crippen LogP contribution in [0.15, 0.2) is 72.0 Å². The lowest BCUT2D eigenvalue weighted by atomic mass is 10.1. The number of ether oxygens (including phenoxy) is 2. The molecule has 13 nitrogen and oxygen atoms in total. The molecule has 6 atom stereocenters. The maximum Gasteiger partial charge on any atom is 0.408 e. The molecule has 0 aliphatic carbocycles. The van der Waals surface area contributed by atoms with Crippen molar-refractivity contribution in [3.63, 3.8) is 0 Å². The molecule has 0 bridgehead atoms. The van der Waals surface area contributed by atoms with Crippen LogP contribution >= 0.6 is 0 Å². The van der Waals surface area contributed by atoms with Crippen molar-refractivity contribution in [2.45, 2.75) is 49.8 Å². The molecular formula is C27H30N6O7. The molecule has 1 saturated heterocycles. The largest absolute Gasteiger partial charge is 0.445 e. The van der Waals surface area contributed by atoms with Crippen LogP contribution in [-0.2, 0) is 27.3 Å². The Kier molecular flexibility index (Phi) is 8.36. The number of imidazole rings is 1. The van der Waals surface area contributed by atoms with Crippen LogP contribution in [0, 0.1) is 0 Å². The molecule has 0 saturated carbocycles. The summed E-state index contributed by atoms with van der Waals surface area (Å²) in [4.78, 5) is 34.7. The van der Waals surface area contributed by atoms with Gasteiger partial charge in [0.15, 0.2) is 12.4 Å². The molecule has 2 aromatic carbocycles. The number of aliphatic hydroxyl groups is 3. The zero-order chi connectivity index (χ0) is 28.1. The monoisotopic (exact) mass is 550 g/mol. The molecule has 0 unspecified atom stereocenters. The Hall–Kier alpha value is -4.30. The predicted octanol–water partition coefficient (Wildman–Crippen LogP) is 0.601. The van der Waals surface area contributed by atoms with E-state index in [0.717, 1.165) is 11.1 Å². The average Bonchev–Trinajstić information content (AvgIpc) is 3.53. The third kappa shape index (κ3) is 5.97. The van der Waals surface area contributed by atoms with Gasteiger partial charge in [0.25, 0.3) is 0 Å². The highest BCUT2D eigenvalue weighted by Gasteiger charge is 2.44. The van der Waals surface area contributed by atoms with E-state index in [9.17, 15) is 24.9 Å². The normalized spacial score (nSPS) is 24.0. The Morgan fingerprint density at radius 3 is 2.42 bits per heavy atom. The number of amides is 2. The van der Waals surface area contributed by atoms with E-state index >= 15 is 0 Å². The molecule has 2 amide bonds. The minimum atomic E-state index is -1.31. The number of hydrogen-bond donors (Lipinski definition) is 6. The highest BCUT2D eigenvalue weighted by Crippen LogP contribution is 2.35. The maximum atomic E-state index is 13.4. The number of aliphatic hydroxyl groups excluding tert-OH is 3. The summed E-state index contributed by atoms with van der Waals surface area (Å²) in [5, 5.41) is 38.4. The van der Waals surface area contributed by atoms with Gasteiger partial charge in [0.05, 0.1) is 19.3 Å². The van der Waals surface area contributed by atoms with Crippen molar-refractivity contribution < 1.29 is 34.4 Å². The van der Waals surface area contributed by atoms with Crippen LogP contribution in [0.1, 0.15) is 29.2 Å². The molecule has 3 heterocycles. The Morgan fingerprint density at radius 2 is 1.75 bits per heavy atom. The van der Waals surface area contributed by atoms with Crippen molar-refractivity contribution in [1.29, 1.82) is 0 Å². The Morgan fingerprint density at radius 1 is 1.05 bits per heavy atom. The maximum absolute atomic E-state index is 13.4. The summed E-state index contributed by atoms with van der Waals surface area (Å²) in [6.45, 7) is -0.421. The van der Waals surface area contributed by atoms with E-state index < -0.39 is 55.4 Å². The second-order valence-corrected chi connectivity index (χ2v) is 9.40. The summed E-state index contributed by atoms with van der Waals surface area (Å²) in [7, 11) is 0. The second-order valence-electron chi connectivity index (χ2n) is 9.40. The van der Waals surface area contributed by atoms with Crippen LogP contribution in [0.5, 0.6) is 0 Å². The summed E-state index contributed by atoms with van der Waals surface area (Å²) in [6.07, 6.45) is -3.30. The Bertz CT molecular complexity index is 1340. The highest BCUT2D eigenvalue weighted by atomic mass is 16.6. The first-order valence-corrected chi connectivity index (χ1v) is 12.7. The predicted molar refractivity (Wildman–Crippen MR) is 142 cm³/mol. The number of alkyl carbamates (subject to hydrolysis) is 1. The molecule has 3 aromatic rings. The standard InChI is InChI=1S/C27H30N6O7/c34-12-19-21(35)22(36)26(40-19)33-15-30-20-23(28-14-29-24(20)33)32-25(37)18(11-16-7-3-1-4-8-16)31-27(38)39-13-17-9-5-2-6-10-17/h1-10,14-15,18-19,21-23,26,34-36H,11-13H2,(H,28,29)(H,31,38)(H,32,37)/t18-,19-,21+,22+,23+,26-/m1/s1. The second kappa shape index (κ2) is 12.3. The number of aliphatic imine (C=N–C) groups is 1. The Labute approximate surface area is 229 Å². The molecule has 0 radical (unpaired) electrons. The van der Waals surface area contributed by atoms with Crippen molar-refractivity contribution in [3.05, 3.63) is 83.8 Å². The first kappa shape index (κ1) is 27.3. The third-order valence-electron chi connectivity index (χ3n) is 6.68. The lowest BCUT2D eigenvalue weighted by Gasteiger charge is -2.24. The molecule has 0 spiro atoms. The van der Waals surface area contributed by atoms with Gasteiger partial charge in [-0.1, -0.05) is 60.7 Å². The number of carbonyl (C=O) groups excluding carboxylic acids is 2. The number of benzene rings is 2. The number of fused-ring (bicyclic) bond motifs is 1. The fraction of sp³-hybridized carbons (Fsp3) is 0.333. The summed E-state index contributed by atoms with van der Waals surface area (Å²) in [5.41, 5.74) is 1.97. The smallest absolute Gasteiger partial charge is 0.408 e. The van der Waals surface area contributed by atoms with Crippen molar-refractivity contribution in [1.82, 2.24) is 20.2 Å². The number of nitrogens with zero attached hydrogens (tertiary/aromatic N) is 3. The van der Waals surface area contributed by atoms with E-state index in [4.69, 9.17) is 9.47 Å². The van der Waals surface area contributed by atoms with Gasteiger partial charge in [0.2, 0.25) is 5.91 Å². The third-order valence-corrected chi connectivity index (χ3v) is 6.68. The first-order chi connectivity index (χ1) is 19.4. The summed E-state index contributed by atoms with van der Waals surface area (Å²) >= 11 is 0. The average molecular weight is 551 g/mol. The fourth-order valence-corrected chi connectivity index (χ4v) is 4.58. The highest BCUT2D eigenvalue weighted by molar-refractivity contribution is 5.87. The van der Waals surface area contributed by atoms with Gasteiger partial charge >= 0.3 is 6.09 Å². The minimum Gasteiger partial charge on any atom is -0.445 e. The molecule has 210 valence electrons. The fourth-order valence-electron chi connectivity index (χ4n) is 4.58. The van der Waals surface area contributed by atoms with Crippen molar-refractivity contribution in [2.24, 2.45) is 4.99 Å². The summed E-state index contributed by atoms with van der Waals surface area (Å²) in [5.74, 6) is -0.136. The van der Waals surface area contributed by atoms with Crippen LogP contribution in [0.4, 0.5) is 10.6 Å². The number of anilines is 1. The minimum absolute atomic E-state index is 0.0483. The zero-order valence-electron chi connectivity index (χ0n) is 21.3. The van der Waals surface area contributed by atoms with Crippen LogP contribution < -0.4 is 16.0 Å². The van der Waals surface area contributed by atoms with Gasteiger partial charge in [0.1, 0.15) is 42.5 Å². The number of rotatable bonds is 9. The van der Waals surface area contributed by atoms with Gasteiger partial charge in [0, 0.05) is 6.42 Å². The molecule has 2 aliphatic heterocycles. The first-order valence-electron chi connectivity index (χ1n) is 12.7. The van der Waals surface area contributed by atoms with E-state index in [0.29, 0.717) is 11.5 Å². The molecule has 40 heavy (non-hydrogen) atoms. The SMILES string of the molecule is O=C(N[C@H](Cc1ccccc1)C(=O)N[C@@H]1N=CNc2c1ncn2[C@@H]1O[C@H](CO)[C@H](O)[C@@H]1O)OCc1ccccc1. The van der Waals surface area contributed by atoms with Gasteiger partial charge in [-0.3, -0.25) is 9.36 Å². The van der Waals surface area contributed by atoms with Crippen molar-refractivity contribution >= 4 is 24.2 Å².